The molecule has 4 aromatic rings. The molecule has 6 heteroatoms. The van der Waals surface area contributed by atoms with E-state index >= 15 is 0 Å². The summed E-state index contributed by atoms with van der Waals surface area (Å²) in [5, 5.41) is 17.2. The van der Waals surface area contributed by atoms with Crippen molar-refractivity contribution < 1.29 is 9.53 Å². The molecule has 0 radical (unpaired) electrons. The molecule has 0 saturated carbocycles. The molecule has 32 heavy (non-hydrogen) atoms. The lowest BCUT2D eigenvalue weighted by atomic mass is 10.1. The molecule has 0 aliphatic heterocycles. The van der Waals surface area contributed by atoms with Crippen LogP contribution in [0, 0.1) is 11.3 Å². The summed E-state index contributed by atoms with van der Waals surface area (Å²) in [6, 6.07) is 28.4. The fourth-order valence-corrected chi connectivity index (χ4v) is 3.27. The van der Waals surface area contributed by atoms with E-state index in [-0.39, 0.29) is 5.57 Å². The number of carbonyl (C=O) groups is 1. The molecule has 0 saturated heterocycles. The van der Waals surface area contributed by atoms with Crippen LogP contribution in [0.4, 0.5) is 5.69 Å². The summed E-state index contributed by atoms with van der Waals surface area (Å²) in [7, 11) is 1.52. The lowest BCUT2D eigenvalue weighted by Crippen LogP contribution is -2.14. The summed E-state index contributed by atoms with van der Waals surface area (Å²) in [6.45, 7) is 0. The maximum Gasteiger partial charge on any atom is 0.266 e. The standard InChI is InChI=1S/C26H20N4O2/c1-32-24-15-9-8-14-23(24)28-26(31)20(17-27)16-21-18-30(22-12-6-3-7-13-22)29-25(21)19-10-4-2-5-11-19/h2-16,18H,1H3,(H,28,31). The van der Waals surface area contributed by atoms with Crippen LogP contribution >= 0.6 is 0 Å². The molecule has 1 aromatic heterocycles. The molecule has 6 nitrogen and oxygen atoms in total. The van der Waals surface area contributed by atoms with Gasteiger partial charge in [-0.1, -0.05) is 60.7 Å². The van der Waals surface area contributed by atoms with Gasteiger partial charge in [0.25, 0.3) is 5.91 Å². The minimum absolute atomic E-state index is 0.0410. The third-order valence-corrected chi connectivity index (χ3v) is 4.83. The van der Waals surface area contributed by atoms with E-state index < -0.39 is 5.91 Å². The summed E-state index contributed by atoms with van der Waals surface area (Å²) in [4.78, 5) is 12.9. The Labute approximate surface area is 186 Å². The van der Waals surface area contributed by atoms with Crippen molar-refractivity contribution in [3.63, 3.8) is 0 Å². The number of para-hydroxylation sites is 3. The molecular weight excluding hydrogens is 400 g/mol. The maximum absolute atomic E-state index is 12.9. The van der Waals surface area contributed by atoms with Gasteiger partial charge < -0.3 is 10.1 Å². The smallest absolute Gasteiger partial charge is 0.266 e. The van der Waals surface area contributed by atoms with Crippen LogP contribution in [-0.2, 0) is 4.79 Å². The van der Waals surface area contributed by atoms with Gasteiger partial charge in [-0.2, -0.15) is 10.4 Å². The van der Waals surface area contributed by atoms with Crippen LogP contribution in [0.1, 0.15) is 5.56 Å². The summed E-state index contributed by atoms with van der Waals surface area (Å²) in [6.07, 6.45) is 3.37. The molecule has 1 N–H and O–H groups in total. The predicted octanol–water partition coefficient (Wildman–Crippen LogP) is 5.09. The van der Waals surface area contributed by atoms with Gasteiger partial charge in [0.05, 0.1) is 24.2 Å². The van der Waals surface area contributed by atoms with Crippen LogP contribution in [0.3, 0.4) is 0 Å². The number of nitrogens with one attached hydrogen (secondary N) is 1. The molecule has 3 aromatic carbocycles. The van der Waals surface area contributed by atoms with E-state index in [1.54, 1.807) is 35.0 Å². The number of methoxy groups -OCH3 is 1. The third-order valence-electron chi connectivity index (χ3n) is 4.83. The highest BCUT2D eigenvalue weighted by atomic mass is 16.5. The van der Waals surface area contributed by atoms with E-state index in [9.17, 15) is 10.1 Å². The molecule has 0 spiro atoms. The molecular formula is C26H20N4O2. The Bertz CT molecular complexity index is 1300. The summed E-state index contributed by atoms with van der Waals surface area (Å²) in [5.74, 6) is -0.0107. The van der Waals surface area contributed by atoms with Gasteiger partial charge >= 0.3 is 0 Å². The van der Waals surface area contributed by atoms with Gasteiger partial charge in [-0.3, -0.25) is 4.79 Å². The topological polar surface area (TPSA) is 79.9 Å². The lowest BCUT2D eigenvalue weighted by molar-refractivity contribution is -0.112. The van der Waals surface area contributed by atoms with Gasteiger partial charge in [-0.25, -0.2) is 4.68 Å². The van der Waals surface area contributed by atoms with Crippen molar-refractivity contribution in [2.24, 2.45) is 0 Å². The second-order valence-electron chi connectivity index (χ2n) is 6.90. The second-order valence-corrected chi connectivity index (χ2v) is 6.90. The number of benzene rings is 3. The van der Waals surface area contributed by atoms with E-state index in [2.05, 4.69) is 5.32 Å². The van der Waals surface area contributed by atoms with Gasteiger partial charge in [0, 0.05) is 17.3 Å². The van der Waals surface area contributed by atoms with Crippen molar-refractivity contribution in [1.29, 1.82) is 5.26 Å². The van der Waals surface area contributed by atoms with Gasteiger partial charge in [-0.15, -0.1) is 0 Å². The van der Waals surface area contributed by atoms with Gasteiger partial charge in [0.15, 0.2) is 0 Å². The molecule has 0 bridgehead atoms. The predicted molar refractivity (Wildman–Crippen MR) is 124 cm³/mol. The first-order chi connectivity index (χ1) is 15.7. The third kappa shape index (κ3) is 4.42. The van der Waals surface area contributed by atoms with Crippen LogP contribution in [0.25, 0.3) is 23.0 Å². The first-order valence-electron chi connectivity index (χ1n) is 9.96. The molecule has 0 aliphatic carbocycles. The molecule has 0 aliphatic rings. The van der Waals surface area contributed by atoms with Crippen molar-refractivity contribution in [2.45, 2.75) is 0 Å². The number of aromatic nitrogens is 2. The summed E-state index contributed by atoms with van der Waals surface area (Å²) < 4.78 is 7.01. The molecule has 0 unspecified atom stereocenters. The number of hydrogen-bond acceptors (Lipinski definition) is 4. The van der Waals surface area contributed by atoms with Crippen LogP contribution in [0.5, 0.6) is 5.75 Å². The Morgan fingerprint density at radius 3 is 2.34 bits per heavy atom. The number of amides is 1. The zero-order valence-corrected chi connectivity index (χ0v) is 17.4. The van der Waals surface area contributed by atoms with Crippen LogP contribution in [0.2, 0.25) is 0 Å². The zero-order valence-electron chi connectivity index (χ0n) is 17.4. The molecule has 0 atom stereocenters. The monoisotopic (exact) mass is 420 g/mol. The number of anilines is 1. The Hall–Kier alpha value is -4.63. The molecule has 1 heterocycles. The van der Waals surface area contributed by atoms with E-state index in [0.717, 1.165) is 11.3 Å². The Morgan fingerprint density at radius 1 is 1.00 bits per heavy atom. The number of rotatable bonds is 6. The summed E-state index contributed by atoms with van der Waals surface area (Å²) in [5.41, 5.74) is 3.54. The quantitative estimate of drug-likeness (QED) is 0.348. The van der Waals surface area contributed by atoms with Crippen molar-refractivity contribution in [1.82, 2.24) is 9.78 Å². The van der Waals surface area contributed by atoms with Gasteiger partial charge in [0.2, 0.25) is 0 Å². The Balaban J connectivity index is 1.74. The molecule has 156 valence electrons. The average Bonchev–Trinajstić information content (AvgIpc) is 3.28. The van der Waals surface area contributed by atoms with Crippen molar-refractivity contribution in [3.05, 3.63) is 102 Å². The normalized spacial score (nSPS) is 10.9. The number of hydrogen-bond donors (Lipinski definition) is 1. The van der Waals surface area contributed by atoms with Gasteiger partial charge in [-0.05, 0) is 30.3 Å². The highest BCUT2D eigenvalue weighted by Gasteiger charge is 2.16. The number of carbonyl (C=O) groups excluding carboxylic acids is 1. The first-order valence-corrected chi connectivity index (χ1v) is 9.96. The first kappa shape index (κ1) is 20.6. The fourth-order valence-electron chi connectivity index (χ4n) is 3.27. The molecule has 4 rings (SSSR count). The highest BCUT2D eigenvalue weighted by molar-refractivity contribution is 6.10. The zero-order chi connectivity index (χ0) is 22.3. The molecule has 1 amide bonds. The van der Waals surface area contributed by atoms with Crippen molar-refractivity contribution in [2.75, 3.05) is 12.4 Å². The number of nitriles is 1. The Kier molecular flexibility index (Phi) is 6.10. The maximum atomic E-state index is 12.9. The number of nitrogens with zero attached hydrogens (tertiary/aromatic N) is 3. The second kappa shape index (κ2) is 9.45. The summed E-state index contributed by atoms with van der Waals surface area (Å²) >= 11 is 0. The Morgan fingerprint density at radius 2 is 1.66 bits per heavy atom. The highest BCUT2D eigenvalue weighted by Crippen LogP contribution is 2.27. The van der Waals surface area contributed by atoms with Crippen molar-refractivity contribution >= 4 is 17.7 Å². The fraction of sp³-hybridized carbons (Fsp3) is 0.0385. The van der Waals surface area contributed by atoms with Crippen LogP contribution in [0.15, 0.2) is 96.7 Å². The van der Waals surface area contributed by atoms with Gasteiger partial charge in [0.1, 0.15) is 17.4 Å². The lowest BCUT2D eigenvalue weighted by Gasteiger charge is -2.09. The van der Waals surface area contributed by atoms with E-state index in [4.69, 9.17) is 9.84 Å². The van der Waals surface area contributed by atoms with E-state index in [1.165, 1.54) is 7.11 Å². The number of ether oxygens (including phenoxy) is 1. The molecule has 0 fully saturated rings. The van der Waals surface area contributed by atoms with E-state index in [0.29, 0.717) is 22.7 Å². The minimum Gasteiger partial charge on any atom is -0.495 e. The van der Waals surface area contributed by atoms with Crippen LogP contribution < -0.4 is 10.1 Å². The minimum atomic E-state index is -0.525. The van der Waals surface area contributed by atoms with Crippen LogP contribution in [-0.4, -0.2) is 22.8 Å². The van der Waals surface area contributed by atoms with E-state index in [1.807, 2.05) is 72.9 Å². The SMILES string of the molecule is COc1ccccc1NC(=O)C(C#N)=Cc1cn(-c2ccccc2)nc1-c1ccccc1. The largest absolute Gasteiger partial charge is 0.495 e. The average molecular weight is 420 g/mol. The van der Waals surface area contributed by atoms with Crippen molar-refractivity contribution in [3.8, 4) is 28.8 Å².